The van der Waals surface area contributed by atoms with Gasteiger partial charge in [0.15, 0.2) is 6.61 Å². The normalized spacial score (nSPS) is 13.7. The van der Waals surface area contributed by atoms with E-state index in [-0.39, 0.29) is 12.5 Å². The molecule has 1 aliphatic heterocycles. The van der Waals surface area contributed by atoms with Gasteiger partial charge in [0.2, 0.25) is 0 Å². The number of hydrogen-bond donors (Lipinski definition) is 0. The first-order valence-corrected chi connectivity index (χ1v) is 9.08. The van der Waals surface area contributed by atoms with E-state index in [2.05, 4.69) is 4.98 Å². The van der Waals surface area contributed by atoms with Gasteiger partial charge in [0.1, 0.15) is 12.4 Å². The lowest BCUT2D eigenvalue weighted by Crippen LogP contribution is -2.32. The number of nitrogens with zero attached hydrogens (tertiary/aromatic N) is 2. The maximum absolute atomic E-state index is 12.0. The van der Waals surface area contributed by atoms with Crippen LogP contribution in [0.4, 0.5) is 0 Å². The van der Waals surface area contributed by atoms with Crippen molar-refractivity contribution in [2.45, 2.75) is 26.4 Å². The minimum atomic E-state index is -0.505. The Balaban J connectivity index is 1.47. The zero-order chi connectivity index (χ0) is 17.6. The molecular weight excluding hydrogens is 340 g/mol. The Morgan fingerprint density at radius 3 is 2.56 bits per heavy atom. The summed E-state index contributed by atoms with van der Waals surface area (Å²) < 4.78 is 10.7. The maximum Gasteiger partial charge on any atom is 0.338 e. The van der Waals surface area contributed by atoms with Crippen LogP contribution < -0.4 is 4.74 Å². The van der Waals surface area contributed by atoms with E-state index in [1.807, 2.05) is 12.3 Å². The molecular formula is C18H20N2O4S. The van der Waals surface area contributed by atoms with Crippen LogP contribution in [0.5, 0.6) is 5.75 Å². The number of carbonyl (C=O) groups is 2. The average molecular weight is 360 g/mol. The predicted octanol–water partition coefficient (Wildman–Crippen LogP) is 2.81. The summed E-state index contributed by atoms with van der Waals surface area (Å²) in [7, 11) is 0. The molecule has 0 radical (unpaired) electrons. The highest BCUT2D eigenvalue weighted by molar-refractivity contribution is 7.09. The minimum Gasteiger partial charge on any atom is -0.487 e. The van der Waals surface area contributed by atoms with Gasteiger partial charge in [0, 0.05) is 18.5 Å². The van der Waals surface area contributed by atoms with Crippen LogP contribution in [-0.4, -0.2) is 41.5 Å². The fourth-order valence-electron chi connectivity index (χ4n) is 2.59. The van der Waals surface area contributed by atoms with E-state index in [1.54, 1.807) is 40.5 Å². The van der Waals surface area contributed by atoms with Crippen LogP contribution >= 0.6 is 11.3 Å². The van der Waals surface area contributed by atoms with Crippen molar-refractivity contribution in [1.82, 2.24) is 9.88 Å². The molecule has 6 nitrogen and oxygen atoms in total. The molecule has 0 bridgehead atoms. The lowest BCUT2D eigenvalue weighted by atomic mass is 10.2. The molecule has 2 aromatic rings. The molecule has 1 saturated heterocycles. The molecule has 2 heterocycles. The Bertz CT molecular complexity index is 736. The summed E-state index contributed by atoms with van der Waals surface area (Å²) in [6.45, 7) is 3.63. The SMILES string of the molecule is Cc1nc(COc2ccc(C(=O)OCC(=O)N3CCCC3)cc2)cs1. The fraction of sp³-hybridized carbons (Fsp3) is 0.389. The van der Waals surface area contributed by atoms with E-state index >= 15 is 0 Å². The van der Waals surface area contributed by atoms with Crippen molar-refractivity contribution in [3.8, 4) is 5.75 Å². The van der Waals surface area contributed by atoms with E-state index in [4.69, 9.17) is 9.47 Å². The molecule has 132 valence electrons. The number of likely N-dealkylation sites (tertiary alicyclic amines) is 1. The van der Waals surface area contributed by atoms with Crippen LogP contribution in [0.1, 0.15) is 33.9 Å². The Kier molecular flexibility index (Phi) is 5.65. The van der Waals surface area contributed by atoms with E-state index in [1.165, 1.54) is 0 Å². The lowest BCUT2D eigenvalue weighted by Gasteiger charge is -2.14. The standard InChI is InChI=1S/C18H20N2O4S/c1-13-19-15(12-25-13)10-23-16-6-4-14(5-7-16)18(22)24-11-17(21)20-8-2-3-9-20/h4-7,12H,2-3,8-11H2,1H3. The smallest absolute Gasteiger partial charge is 0.338 e. The topological polar surface area (TPSA) is 68.7 Å². The number of esters is 1. The first-order chi connectivity index (χ1) is 12.1. The summed E-state index contributed by atoms with van der Waals surface area (Å²) in [5, 5.41) is 2.96. The number of benzene rings is 1. The lowest BCUT2D eigenvalue weighted by molar-refractivity contribution is -0.133. The van der Waals surface area contributed by atoms with Crippen LogP contribution in [0.2, 0.25) is 0 Å². The van der Waals surface area contributed by atoms with Crippen molar-refractivity contribution < 1.29 is 19.1 Å². The van der Waals surface area contributed by atoms with Crippen molar-refractivity contribution in [2.24, 2.45) is 0 Å². The Hall–Kier alpha value is -2.41. The fourth-order valence-corrected chi connectivity index (χ4v) is 3.18. The van der Waals surface area contributed by atoms with Gasteiger partial charge in [-0.1, -0.05) is 0 Å². The van der Waals surface area contributed by atoms with Crippen molar-refractivity contribution in [3.63, 3.8) is 0 Å². The largest absolute Gasteiger partial charge is 0.487 e. The third-order valence-electron chi connectivity index (χ3n) is 3.93. The van der Waals surface area contributed by atoms with Gasteiger partial charge in [-0.15, -0.1) is 11.3 Å². The second-order valence-electron chi connectivity index (χ2n) is 5.83. The molecule has 0 saturated carbocycles. The Labute approximate surface area is 150 Å². The second kappa shape index (κ2) is 8.11. The molecule has 7 heteroatoms. The van der Waals surface area contributed by atoms with Crippen molar-refractivity contribution in [3.05, 3.63) is 45.9 Å². The van der Waals surface area contributed by atoms with Gasteiger partial charge in [-0.3, -0.25) is 4.79 Å². The third kappa shape index (κ3) is 4.79. The second-order valence-corrected chi connectivity index (χ2v) is 6.90. The molecule has 1 amide bonds. The van der Waals surface area contributed by atoms with E-state index in [9.17, 15) is 9.59 Å². The van der Waals surface area contributed by atoms with Crippen molar-refractivity contribution >= 4 is 23.2 Å². The molecule has 1 aromatic carbocycles. The van der Waals surface area contributed by atoms with Gasteiger partial charge in [-0.05, 0) is 44.0 Å². The summed E-state index contributed by atoms with van der Waals surface area (Å²) in [5.41, 5.74) is 1.28. The number of amides is 1. The Morgan fingerprint density at radius 1 is 1.20 bits per heavy atom. The molecule has 0 atom stereocenters. The number of thiazole rings is 1. The molecule has 0 spiro atoms. The highest BCUT2D eigenvalue weighted by atomic mass is 32.1. The van der Waals surface area contributed by atoms with Gasteiger partial charge in [0.05, 0.1) is 16.3 Å². The van der Waals surface area contributed by atoms with Crippen molar-refractivity contribution in [1.29, 1.82) is 0 Å². The molecule has 1 aromatic heterocycles. The van der Waals surface area contributed by atoms with Gasteiger partial charge in [-0.2, -0.15) is 0 Å². The van der Waals surface area contributed by atoms with Crippen LogP contribution in [0.25, 0.3) is 0 Å². The van der Waals surface area contributed by atoms with Gasteiger partial charge < -0.3 is 14.4 Å². The quantitative estimate of drug-likeness (QED) is 0.741. The molecule has 1 fully saturated rings. The van der Waals surface area contributed by atoms with Crippen LogP contribution in [0.3, 0.4) is 0 Å². The highest BCUT2D eigenvalue weighted by Crippen LogP contribution is 2.16. The molecule has 1 aliphatic rings. The van der Waals surface area contributed by atoms with Crippen LogP contribution in [0, 0.1) is 6.92 Å². The van der Waals surface area contributed by atoms with Crippen LogP contribution in [0.15, 0.2) is 29.6 Å². The maximum atomic E-state index is 12.0. The van der Waals surface area contributed by atoms with Crippen molar-refractivity contribution in [2.75, 3.05) is 19.7 Å². The number of hydrogen-bond acceptors (Lipinski definition) is 6. The summed E-state index contributed by atoms with van der Waals surface area (Å²) in [5.74, 6) is 0.00827. The number of aryl methyl sites for hydroxylation is 1. The third-order valence-corrected chi connectivity index (χ3v) is 4.75. The molecule has 0 N–H and O–H groups in total. The molecule has 25 heavy (non-hydrogen) atoms. The summed E-state index contributed by atoms with van der Waals surface area (Å²) in [4.78, 5) is 30.0. The number of ether oxygens (including phenoxy) is 2. The predicted molar refractivity (Wildman–Crippen MR) is 93.7 cm³/mol. The Morgan fingerprint density at radius 2 is 1.92 bits per heavy atom. The minimum absolute atomic E-state index is 0.135. The molecule has 3 rings (SSSR count). The number of rotatable bonds is 6. The summed E-state index contributed by atoms with van der Waals surface area (Å²) in [6.07, 6.45) is 2.03. The van der Waals surface area contributed by atoms with E-state index in [0.29, 0.717) is 17.9 Å². The molecule has 0 aliphatic carbocycles. The van der Waals surface area contributed by atoms with Gasteiger partial charge in [-0.25, -0.2) is 9.78 Å². The first kappa shape index (κ1) is 17.4. The van der Waals surface area contributed by atoms with Crippen LogP contribution in [-0.2, 0) is 16.1 Å². The van der Waals surface area contributed by atoms with Gasteiger partial charge in [0.25, 0.3) is 5.91 Å². The van der Waals surface area contributed by atoms with Gasteiger partial charge >= 0.3 is 5.97 Å². The summed E-state index contributed by atoms with van der Waals surface area (Å²) in [6, 6.07) is 6.67. The first-order valence-electron chi connectivity index (χ1n) is 8.20. The average Bonchev–Trinajstić information content (AvgIpc) is 3.30. The number of carbonyl (C=O) groups excluding carboxylic acids is 2. The number of aromatic nitrogens is 1. The van der Waals surface area contributed by atoms with E-state index < -0.39 is 5.97 Å². The summed E-state index contributed by atoms with van der Waals surface area (Å²) >= 11 is 1.58. The molecule has 0 unspecified atom stereocenters. The highest BCUT2D eigenvalue weighted by Gasteiger charge is 2.19. The monoisotopic (exact) mass is 360 g/mol. The zero-order valence-electron chi connectivity index (χ0n) is 14.1. The van der Waals surface area contributed by atoms with E-state index in [0.717, 1.165) is 36.6 Å². The zero-order valence-corrected chi connectivity index (χ0v) is 14.9.